The van der Waals surface area contributed by atoms with E-state index >= 15 is 0 Å². The van der Waals surface area contributed by atoms with Gasteiger partial charge in [-0.3, -0.25) is 14.4 Å². The first-order chi connectivity index (χ1) is 15.0. The topological polar surface area (TPSA) is 129 Å². The summed E-state index contributed by atoms with van der Waals surface area (Å²) >= 11 is 12.1. The van der Waals surface area contributed by atoms with Gasteiger partial charge in [-0.1, -0.05) is 23.2 Å². The molecular formula is C21H24Cl2N4O5. The molecule has 3 rings (SSSR count). The van der Waals surface area contributed by atoms with Gasteiger partial charge in [0, 0.05) is 27.4 Å². The molecule has 1 fully saturated rings. The summed E-state index contributed by atoms with van der Waals surface area (Å²) < 4.78 is 4.76. The number of benzene rings is 1. The highest BCUT2D eigenvalue weighted by atomic mass is 35.5. The summed E-state index contributed by atoms with van der Waals surface area (Å²) in [6.07, 6.45) is 0.627. The molecule has 4 N–H and O–H groups in total. The van der Waals surface area contributed by atoms with Crippen LogP contribution in [0.1, 0.15) is 37.2 Å². The van der Waals surface area contributed by atoms with E-state index in [0.717, 1.165) is 0 Å². The van der Waals surface area contributed by atoms with E-state index in [9.17, 15) is 19.2 Å². The van der Waals surface area contributed by atoms with E-state index in [4.69, 9.17) is 27.9 Å². The van der Waals surface area contributed by atoms with Gasteiger partial charge in [-0.05, 0) is 44.9 Å². The van der Waals surface area contributed by atoms with Crippen LogP contribution in [0.15, 0.2) is 18.2 Å². The van der Waals surface area contributed by atoms with Crippen LogP contribution in [0.25, 0.3) is 10.9 Å². The number of nitrogens with one attached hydrogen (secondary N) is 4. The van der Waals surface area contributed by atoms with Crippen molar-refractivity contribution in [3.05, 3.63) is 33.9 Å². The zero-order valence-electron chi connectivity index (χ0n) is 17.8. The molecule has 1 aromatic heterocycles. The maximum atomic E-state index is 12.4. The number of esters is 1. The Bertz CT molecular complexity index is 1080. The Morgan fingerprint density at radius 2 is 1.97 bits per heavy atom. The second kappa shape index (κ2) is 9.38. The van der Waals surface area contributed by atoms with Crippen molar-refractivity contribution in [2.75, 3.05) is 13.7 Å². The lowest BCUT2D eigenvalue weighted by molar-refractivity contribution is -0.145. The van der Waals surface area contributed by atoms with Gasteiger partial charge >= 0.3 is 5.97 Å². The Morgan fingerprint density at radius 3 is 2.59 bits per heavy atom. The van der Waals surface area contributed by atoms with Crippen LogP contribution in [-0.2, 0) is 19.1 Å². The summed E-state index contributed by atoms with van der Waals surface area (Å²) in [6.45, 7) is 3.40. The molecule has 0 radical (unpaired) electrons. The predicted octanol–water partition coefficient (Wildman–Crippen LogP) is 2.17. The smallest absolute Gasteiger partial charge is 0.328 e. The number of halogens is 2. The fourth-order valence-corrected chi connectivity index (χ4v) is 4.36. The Labute approximate surface area is 194 Å². The average molecular weight is 483 g/mol. The number of ether oxygens (including phenoxy) is 1. The molecule has 1 aliphatic heterocycles. The molecular weight excluding hydrogens is 459 g/mol. The van der Waals surface area contributed by atoms with Gasteiger partial charge in [0.1, 0.15) is 11.7 Å². The number of hydrogen-bond donors (Lipinski definition) is 4. The van der Waals surface area contributed by atoms with Crippen LogP contribution in [0.4, 0.5) is 0 Å². The molecule has 0 bridgehead atoms. The molecule has 1 aliphatic rings. The minimum Gasteiger partial charge on any atom is -0.467 e. The lowest BCUT2D eigenvalue weighted by Crippen LogP contribution is -2.47. The number of methoxy groups -OCH3 is 1. The zero-order valence-corrected chi connectivity index (χ0v) is 19.3. The summed E-state index contributed by atoms with van der Waals surface area (Å²) in [6, 6.07) is 3.74. The minimum absolute atomic E-state index is 0.100. The zero-order chi connectivity index (χ0) is 23.6. The van der Waals surface area contributed by atoms with Gasteiger partial charge < -0.3 is 25.7 Å². The Kier molecular flexibility index (Phi) is 7.00. The van der Waals surface area contributed by atoms with Gasteiger partial charge in [-0.15, -0.1) is 0 Å². The van der Waals surface area contributed by atoms with Crippen LogP contribution >= 0.6 is 23.2 Å². The number of H-pyrrole nitrogens is 1. The molecule has 32 heavy (non-hydrogen) atoms. The van der Waals surface area contributed by atoms with Crippen LogP contribution in [0.3, 0.4) is 0 Å². The van der Waals surface area contributed by atoms with Gasteiger partial charge in [-0.25, -0.2) is 4.79 Å². The number of hydrogen-bond acceptors (Lipinski definition) is 5. The van der Waals surface area contributed by atoms with Crippen molar-refractivity contribution in [1.82, 2.24) is 20.9 Å². The van der Waals surface area contributed by atoms with Crippen LogP contribution in [0.5, 0.6) is 0 Å². The van der Waals surface area contributed by atoms with E-state index in [0.29, 0.717) is 27.4 Å². The summed E-state index contributed by atoms with van der Waals surface area (Å²) in [7, 11) is 1.20. The van der Waals surface area contributed by atoms with Crippen molar-refractivity contribution < 1.29 is 23.9 Å². The normalized spacial score (nSPS) is 18.2. The second-order valence-corrected chi connectivity index (χ2v) is 9.21. The first-order valence-corrected chi connectivity index (χ1v) is 10.7. The first kappa shape index (κ1) is 23.9. The largest absolute Gasteiger partial charge is 0.467 e. The number of aromatic nitrogens is 1. The van der Waals surface area contributed by atoms with Crippen LogP contribution in [-0.4, -0.2) is 53.9 Å². The molecule has 172 valence electrons. The molecule has 2 atom stereocenters. The maximum Gasteiger partial charge on any atom is 0.328 e. The highest BCUT2D eigenvalue weighted by Crippen LogP contribution is 2.29. The van der Waals surface area contributed by atoms with Crippen molar-refractivity contribution in [2.24, 2.45) is 5.92 Å². The number of fused-ring (bicyclic) bond motifs is 1. The van der Waals surface area contributed by atoms with E-state index in [-0.39, 0.29) is 30.1 Å². The highest BCUT2D eigenvalue weighted by molar-refractivity contribution is 6.38. The fourth-order valence-electron chi connectivity index (χ4n) is 3.81. The highest BCUT2D eigenvalue weighted by Gasteiger charge is 2.40. The van der Waals surface area contributed by atoms with Crippen molar-refractivity contribution >= 4 is 57.8 Å². The molecule has 1 saturated heterocycles. The lowest BCUT2D eigenvalue weighted by atomic mass is 9.91. The number of rotatable bonds is 7. The third kappa shape index (κ3) is 5.52. The molecule has 0 spiro atoms. The fraction of sp³-hybridized carbons (Fsp3) is 0.429. The molecule has 1 aromatic carbocycles. The Balaban J connectivity index is 1.60. The maximum absolute atomic E-state index is 12.4. The van der Waals surface area contributed by atoms with Crippen molar-refractivity contribution in [2.45, 2.75) is 38.3 Å². The number of amides is 3. The second-order valence-electron chi connectivity index (χ2n) is 8.37. The van der Waals surface area contributed by atoms with Crippen LogP contribution in [0.2, 0.25) is 10.0 Å². The molecule has 2 heterocycles. The van der Waals surface area contributed by atoms with Crippen molar-refractivity contribution in [3.8, 4) is 0 Å². The third-order valence-electron chi connectivity index (χ3n) is 5.24. The minimum atomic E-state index is -1.01. The molecule has 2 aromatic rings. The van der Waals surface area contributed by atoms with Crippen molar-refractivity contribution in [1.29, 1.82) is 0 Å². The van der Waals surface area contributed by atoms with E-state index in [1.165, 1.54) is 7.11 Å². The van der Waals surface area contributed by atoms with E-state index < -0.39 is 29.7 Å². The first-order valence-electron chi connectivity index (χ1n) is 9.94. The van der Waals surface area contributed by atoms with Gasteiger partial charge in [-0.2, -0.15) is 0 Å². The number of carbonyl (C=O) groups excluding carboxylic acids is 4. The molecule has 0 unspecified atom stereocenters. The Morgan fingerprint density at radius 1 is 1.25 bits per heavy atom. The number of aromatic amines is 1. The predicted molar refractivity (Wildman–Crippen MR) is 120 cm³/mol. The molecule has 0 aliphatic carbocycles. The Hall–Kier alpha value is -2.78. The summed E-state index contributed by atoms with van der Waals surface area (Å²) in [5.74, 6) is -2.40. The number of carbonyl (C=O) groups is 4. The molecule has 9 nitrogen and oxygen atoms in total. The van der Waals surface area contributed by atoms with Gasteiger partial charge in [0.25, 0.3) is 5.91 Å². The van der Waals surface area contributed by atoms with Crippen LogP contribution in [0, 0.1) is 5.92 Å². The van der Waals surface area contributed by atoms with Crippen LogP contribution < -0.4 is 16.0 Å². The van der Waals surface area contributed by atoms with E-state index in [1.54, 1.807) is 18.2 Å². The van der Waals surface area contributed by atoms with E-state index in [2.05, 4.69) is 20.9 Å². The standard InChI is InChI=1S/C21H24Cl2N4O5/c1-21(2)8-10(18(29)27-21)4-16(20(31)32-3)26-17(28)9-24-19(30)15-7-12-13(23)5-11(22)6-14(12)25-15/h5-7,10,16,25H,4,8-9H2,1-3H3,(H,24,30)(H,26,28)(H,27,29)/t10-,16+/m1/s1. The van der Waals surface area contributed by atoms with Gasteiger partial charge in [0.15, 0.2) is 0 Å². The molecule has 3 amide bonds. The third-order valence-corrected chi connectivity index (χ3v) is 5.77. The summed E-state index contributed by atoms with van der Waals surface area (Å²) in [4.78, 5) is 52.0. The average Bonchev–Trinajstić information content (AvgIpc) is 3.24. The van der Waals surface area contributed by atoms with Gasteiger partial charge in [0.05, 0.1) is 18.7 Å². The lowest BCUT2D eigenvalue weighted by Gasteiger charge is -2.20. The van der Waals surface area contributed by atoms with E-state index in [1.807, 2.05) is 13.8 Å². The monoisotopic (exact) mass is 482 g/mol. The van der Waals surface area contributed by atoms with Gasteiger partial charge in [0.2, 0.25) is 11.8 Å². The van der Waals surface area contributed by atoms with Crippen molar-refractivity contribution in [3.63, 3.8) is 0 Å². The molecule has 0 saturated carbocycles. The summed E-state index contributed by atoms with van der Waals surface area (Å²) in [5.41, 5.74) is 0.402. The summed E-state index contributed by atoms with van der Waals surface area (Å²) in [5, 5.41) is 9.30. The molecule has 11 heteroatoms. The quantitative estimate of drug-likeness (QED) is 0.449. The SMILES string of the molecule is COC(=O)[C@H](C[C@@H]1CC(C)(C)NC1=O)NC(=O)CNC(=O)c1cc2c(Cl)cc(Cl)cc2[nH]1.